The lowest BCUT2D eigenvalue weighted by Gasteiger charge is -2.05. The molecule has 0 aromatic carbocycles. The van der Waals surface area contributed by atoms with Crippen molar-refractivity contribution in [3.8, 4) is 0 Å². The molecule has 12 heavy (non-hydrogen) atoms. The Morgan fingerprint density at radius 3 is 1.33 bits per heavy atom. The molecule has 0 aromatic heterocycles. The Labute approximate surface area is 82.7 Å². The van der Waals surface area contributed by atoms with E-state index in [1.807, 2.05) is 20.8 Å². The molecule has 0 nitrogen and oxygen atoms in total. The maximum absolute atomic E-state index is 5.00. The first-order valence-electron chi connectivity index (χ1n) is 5.42. The predicted octanol–water partition coefficient (Wildman–Crippen LogP) is 4.47. The Bertz CT molecular complexity index is 73.0. The zero-order valence-electron chi connectivity index (χ0n) is 8.78. The molecule has 0 unspecified atom stereocenters. The summed E-state index contributed by atoms with van der Waals surface area (Å²) in [5.74, 6) is 3.06. The molecule has 74 valence electrons. The summed E-state index contributed by atoms with van der Waals surface area (Å²) in [4.78, 5) is 0. The molecule has 0 spiro atoms. The lowest BCUT2D eigenvalue weighted by molar-refractivity contribution is 0.480. The van der Waals surface area contributed by atoms with Crippen molar-refractivity contribution in [2.24, 2.45) is 11.8 Å². The third kappa shape index (κ3) is 4.35. The van der Waals surface area contributed by atoms with Crippen LogP contribution in [0.3, 0.4) is 0 Å². The zero-order valence-corrected chi connectivity index (χ0v) is 9.53. The second-order valence-electron chi connectivity index (χ2n) is 3.39. The van der Waals surface area contributed by atoms with Gasteiger partial charge in [0.15, 0.2) is 0 Å². The molecule has 0 heterocycles. The highest BCUT2D eigenvalue weighted by Crippen LogP contribution is 2.43. The molecule has 0 N–H and O–H groups in total. The van der Waals surface area contributed by atoms with Crippen molar-refractivity contribution in [1.29, 1.82) is 0 Å². The van der Waals surface area contributed by atoms with E-state index < -0.39 is 0 Å². The van der Waals surface area contributed by atoms with Crippen molar-refractivity contribution in [3.63, 3.8) is 0 Å². The molecule has 2 bridgehead atoms. The number of hydrogen-bond donors (Lipinski definition) is 0. The Kier molecular flexibility index (Phi) is 8.11. The minimum atomic E-state index is 0.722. The van der Waals surface area contributed by atoms with Crippen LogP contribution in [0.1, 0.15) is 52.9 Å². The molecule has 2 saturated carbocycles. The third-order valence-corrected chi connectivity index (χ3v) is 2.63. The fourth-order valence-electron chi connectivity index (χ4n) is 2.17. The average molecular weight is 191 g/mol. The molecule has 0 saturated heterocycles. The smallest absolute Gasteiger partial charge is 0.0195 e. The van der Waals surface area contributed by atoms with Gasteiger partial charge in [-0.3, -0.25) is 0 Å². The molecule has 0 radical (unpaired) electrons. The van der Waals surface area contributed by atoms with E-state index in [1.54, 1.807) is 32.1 Å². The minimum absolute atomic E-state index is 0.722. The highest BCUT2D eigenvalue weighted by Gasteiger charge is 2.30. The van der Waals surface area contributed by atoms with Crippen molar-refractivity contribution < 1.29 is 0 Å². The quantitative estimate of drug-likeness (QED) is 0.495. The Morgan fingerprint density at radius 2 is 1.25 bits per heavy atom. The van der Waals surface area contributed by atoms with Crippen LogP contribution in [0.2, 0.25) is 0 Å². The van der Waals surface area contributed by atoms with E-state index >= 15 is 0 Å². The third-order valence-electron chi connectivity index (χ3n) is 2.63. The van der Waals surface area contributed by atoms with Gasteiger partial charge in [-0.15, -0.1) is 11.6 Å². The van der Waals surface area contributed by atoms with Crippen LogP contribution < -0.4 is 0 Å². The highest BCUT2D eigenvalue weighted by atomic mass is 35.5. The summed E-state index contributed by atoms with van der Waals surface area (Å²) in [7, 11) is 0. The van der Waals surface area contributed by atoms with Gasteiger partial charge in [-0.05, 0) is 18.3 Å². The summed E-state index contributed by atoms with van der Waals surface area (Å²) >= 11 is 5.00. The first-order valence-corrected chi connectivity index (χ1v) is 5.96. The van der Waals surface area contributed by atoms with Gasteiger partial charge < -0.3 is 0 Å². The number of hydrogen-bond acceptors (Lipinski definition) is 0. The first kappa shape index (κ1) is 12.3. The van der Waals surface area contributed by atoms with Crippen LogP contribution >= 0.6 is 11.6 Å². The molecular formula is C11H23Cl. The van der Waals surface area contributed by atoms with Crippen LogP contribution in [-0.2, 0) is 0 Å². The number of rotatable bonds is 0. The van der Waals surface area contributed by atoms with Crippen LogP contribution in [0.25, 0.3) is 0 Å². The number of alkyl halides is 1. The molecule has 0 aliphatic heterocycles. The molecule has 2 aliphatic carbocycles. The summed E-state index contributed by atoms with van der Waals surface area (Å²) in [6.45, 7) is 5.89. The summed E-state index contributed by atoms with van der Waals surface area (Å²) in [5, 5.41) is 0. The van der Waals surface area contributed by atoms with Gasteiger partial charge in [-0.1, -0.05) is 46.5 Å². The normalized spacial score (nSPS) is 30.0. The lowest BCUT2D eigenvalue weighted by atomic mass is 10.0. The Balaban J connectivity index is 0.000000211. The summed E-state index contributed by atoms with van der Waals surface area (Å²) in [6, 6.07) is 0. The van der Waals surface area contributed by atoms with Crippen molar-refractivity contribution in [1.82, 2.24) is 0 Å². The summed E-state index contributed by atoms with van der Waals surface area (Å²) < 4.78 is 0. The maximum atomic E-state index is 5.00. The average Bonchev–Trinajstić information content (AvgIpc) is 2.72. The highest BCUT2D eigenvalue weighted by molar-refractivity contribution is 6.17. The monoisotopic (exact) mass is 190 g/mol. The molecule has 0 aromatic rings. The van der Waals surface area contributed by atoms with Gasteiger partial charge in [0, 0.05) is 5.88 Å². The predicted molar refractivity (Wildman–Crippen MR) is 57.8 cm³/mol. The van der Waals surface area contributed by atoms with Gasteiger partial charge in [0.05, 0.1) is 0 Å². The van der Waals surface area contributed by atoms with Crippen LogP contribution in [0.5, 0.6) is 0 Å². The van der Waals surface area contributed by atoms with E-state index in [-0.39, 0.29) is 0 Å². The van der Waals surface area contributed by atoms with E-state index in [0.29, 0.717) is 0 Å². The first-order chi connectivity index (χ1) is 5.86. The van der Waals surface area contributed by atoms with Gasteiger partial charge in [0.25, 0.3) is 0 Å². The second kappa shape index (κ2) is 7.91. The van der Waals surface area contributed by atoms with E-state index in [1.165, 1.54) is 11.8 Å². The molecule has 0 amide bonds. The maximum Gasteiger partial charge on any atom is 0.0195 e. The Morgan fingerprint density at radius 1 is 1.00 bits per heavy atom. The SMILES string of the molecule is C1CC2CCC1C2.CC.CCCl. The van der Waals surface area contributed by atoms with Gasteiger partial charge >= 0.3 is 0 Å². The van der Waals surface area contributed by atoms with Crippen molar-refractivity contribution in [2.75, 3.05) is 5.88 Å². The standard InChI is InChI=1S/C7H12.C2H5Cl.C2H6/c1-2-7-4-3-6(1)5-7;1-2-3;1-2/h6-7H,1-5H2;2H2,1H3;1-2H3. The fourth-order valence-corrected chi connectivity index (χ4v) is 2.17. The lowest BCUT2D eigenvalue weighted by Crippen LogP contribution is -1.90. The number of fused-ring (bicyclic) bond motifs is 2. The molecular weight excluding hydrogens is 168 g/mol. The molecule has 2 rings (SSSR count). The van der Waals surface area contributed by atoms with Crippen LogP contribution in [-0.4, -0.2) is 5.88 Å². The van der Waals surface area contributed by atoms with Gasteiger partial charge in [0.2, 0.25) is 0 Å². The van der Waals surface area contributed by atoms with Crippen molar-refractivity contribution in [2.45, 2.75) is 52.9 Å². The van der Waals surface area contributed by atoms with Crippen molar-refractivity contribution in [3.05, 3.63) is 0 Å². The summed E-state index contributed by atoms with van der Waals surface area (Å²) in [6.07, 6.45) is 7.82. The van der Waals surface area contributed by atoms with Crippen LogP contribution in [0.15, 0.2) is 0 Å². The molecule has 1 heteroatoms. The largest absolute Gasteiger partial charge is 0.127 e. The van der Waals surface area contributed by atoms with Crippen LogP contribution in [0, 0.1) is 11.8 Å². The molecule has 2 aliphatic rings. The fraction of sp³-hybridized carbons (Fsp3) is 1.00. The van der Waals surface area contributed by atoms with E-state index in [9.17, 15) is 0 Å². The van der Waals surface area contributed by atoms with E-state index in [0.717, 1.165) is 5.88 Å². The van der Waals surface area contributed by atoms with E-state index in [4.69, 9.17) is 11.6 Å². The summed E-state index contributed by atoms with van der Waals surface area (Å²) in [5.41, 5.74) is 0. The Hall–Kier alpha value is 0.290. The zero-order chi connectivity index (χ0) is 9.40. The second-order valence-corrected chi connectivity index (χ2v) is 3.92. The minimum Gasteiger partial charge on any atom is -0.127 e. The van der Waals surface area contributed by atoms with Crippen LogP contribution in [0.4, 0.5) is 0 Å². The van der Waals surface area contributed by atoms with Crippen molar-refractivity contribution >= 4 is 11.6 Å². The molecule has 2 fully saturated rings. The molecule has 0 atom stereocenters. The number of halogens is 1. The van der Waals surface area contributed by atoms with Gasteiger partial charge in [-0.2, -0.15) is 0 Å². The van der Waals surface area contributed by atoms with Gasteiger partial charge in [0.1, 0.15) is 0 Å². The van der Waals surface area contributed by atoms with Gasteiger partial charge in [-0.25, -0.2) is 0 Å². The topological polar surface area (TPSA) is 0 Å². The van der Waals surface area contributed by atoms with E-state index in [2.05, 4.69) is 0 Å².